The van der Waals surface area contributed by atoms with Crippen molar-refractivity contribution in [2.24, 2.45) is 23.5 Å². The number of aromatic hydroxyl groups is 1. The summed E-state index contributed by atoms with van der Waals surface area (Å²) in [7, 11) is 0. The molecule has 0 spiro atoms. The predicted octanol–water partition coefficient (Wildman–Crippen LogP) is 3.13. The SMILES string of the molecule is C/C=C(/CC)C1C(=O)C(C(N)=O)=C(O)[C@@]2(O)C(=O)C3=C(O)c4c(O)ccc(C(C)C)c4CC3CC12. The van der Waals surface area contributed by atoms with Crippen LogP contribution in [0.15, 0.2) is 40.7 Å². The maximum atomic E-state index is 13.9. The molecule has 4 atom stereocenters. The summed E-state index contributed by atoms with van der Waals surface area (Å²) in [6.07, 6.45) is 2.54. The zero-order valence-corrected chi connectivity index (χ0v) is 20.3. The van der Waals surface area contributed by atoms with Gasteiger partial charge in [0.25, 0.3) is 5.91 Å². The Balaban J connectivity index is 2.01. The number of carbonyl (C=O) groups is 3. The highest BCUT2D eigenvalue weighted by molar-refractivity contribution is 6.24. The zero-order chi connectivity index (χ0) is 26.0. The molecule has 8 heteroatoms. The fourth-order valence-electron chi connectivity index (χ4n) is 6.27. The van der Waals surface area contributed by atoms with E-state index in [4.69, 9.17) is 5.73 Å². The van der Waals surface area contributed by atoms with Crippen LogP contribution in [-0.2, 0) is 20.8 Å². The number of phenols is 1. The Morgan fingerprint density at radius 1 is 1.23 bits per heavy atom. The van der Waals surface area contributed by atoms with Gasteiger partial charge in [-0.05, 0) is 55.2 Å². The maximum absolute atomic E-state index is 13.9. The number of hydrogen-bond acceptors (Lipinski definition) is 7. The van der Waals surface area contributed by atoms with E-state index in [0.717, 1.165) is 5.56 Å². The van der Waals surface area contributed by atoms with Crippen molar-refractivity contribution in [2.75, 3.05) is 0 Å². The van der Waals surface area contributed by atoms with Crippen molar-refractivity contribution < 1.29 is 34.8 Å². The van der Waals surface area contributed by atoms with E-state index < -0.39 is 57.9 Å². The fraction of sp³-hybridized carbons (Fsp3) is 0.444. The van der Waals surface area contributed by atoms with Crippen molar-refractivity contribution in [3.8, 4) is 5.75 Å². The van der Waals surface area contributed by atoms with Crippen LogP contribution in [0.25, 0.3) is 5.76 Å². The third-order valence-corrected chi connectivity index (χ3v) is 7.92. The molecule has 0 aromatic heterocycles. The first-order valence-electron chi connectivity index (χ1n) is 11.9. The minimum absolute atomic E-state index is 0.0822. The van der Waals surface area contributed by atoms with Gasteiger partial charge in [0.1, 0.15) is 22.8 Å². The molecule has 0 aliphatic heterocycles. The van der Waals surface area contributed by atoms with Crippen LogP contribution < -0.4 is 5.73 Å². The third kappa shape index (κ3) is 3.26. The van der Waals surface area contributed by atoms with Crippen LogP contribution >= 0.6 is 0 Å². The van der Waals surface area contributed by atoms with Gasteiger partial charge in [-0.1, -0.05) is 38.5 Å². The molecular weight excluding hydrogens is 450 g/mol. The van der Waals surface area contributed by atoms with Crippen LogP contribution in [0, 0.1) is 17.8 Å². The molecule has 1 fully saturated rings. The first-order valence-corrected chi connectivity index (χ1v) is 11.9. The molecule has 1 amide bonds. The minimum atomic E-state index is -2.62. The van der Waals surface area contributed by atoms with Gasteiger partial charge in [0.2, 0.25) is 5.78 Å². The Bertz CT molecular complexity index is 1250. The quantitative estimate of drug-likeness (QED) is 0.326. The lowest BCUT2D eigenvalue weighted by atomic mass is 9.54. The smallest absolute Gasteiger partial charge is 0.255 e. The van der Waals surface area contributed by atoms with E-state index in [1.54, 1.807) is 19.1 Å². The van der Waals surface area contributed by atoms with E-state index in [-0.39, 0.29) is 29.2 Å². The normalized spacial score (nSPS) is 28.7. The number of amides is 1. The standard InChI is InChI=1S/C27H31NO7/c1-5-12(6-2)18-16-10-13-9-15-14(11(3)4)7-8-17(29)20(15)23(31)19(13)24(32)27(16,35)25(33)21(22(18)30)26(28)34/h5,7-8,11,13,16,18,29,31,33,35H,6,9-10H2,1-4H3,(H2,28,34)/b12-5-/t13?,16?,18?,27-/m0/s1. The number of phenolic OH excluding ortho intramolecular Hbond substituents is 1. The highest BCUT2D eigenvalue weighted by Crippen LogP contribution is 2.55. The Kier molecular flexibility index (Phi) is 5.92. The number of nitrogens with two attached hydrogens (primary N) is 1. The van der Waals surface area contributed by atoms with E-state index in [2.05, 4.69) is 0 Å². The second kappa shape index (κ2) is 8.37. The van der Waals surface area contributed by atoms with Crippen molar-refractivity contribution in [1.82, 2.24) is 0 Å². The van der Waals surface area contributed by atoms with E-state index in [1.807, 2.05) is 20.8 Å². The number of allylic oxidation sites excluding steroid dienone is 2. The van der Waals surface area contributed by atoms with Gasteiger partial charge in [-0.15, -0.1) is 0 Å². The number of rotatable bonds is 4. The van der Waals surface area contributed by atoms with Gasteiger partial charge < -0.3 is 26.2 Å². The number of Topliss-reactive ketones (excluding diaryl/α,β-unsaturated/α-hetero) is 2. The molecule has 6 N–H and O–H groups in total. The van der Waals surface area contributed by atoms with E-state index in [1.165, 1.54) is 6.07 Å². The number of aliphatic hydroxyl groups excluding tert-OH is 2. The number of primary amides is 1. The average molecular weight is 482 g/mol. The molecule has 35 heavy (non-hydrogen) atoms. The van der Waals surface area contributed by atoms with Gasteiger partial charge in [-0.25, -0.2) is 0 Å². The van der Waals surface area contributed by atoms with Crippen LogP contribution in [0.2, 0.25) is 0 Å². The average Bonchev–Trinajstić information content (AvgIpc) is 2.78. The second-order valence-electron chi connectivity index (χ2n) is 9.93. The number of ketones is 2. The molecule has 3 aliphatic rings. The summed E-state index contributed by atoms with van der Waals surface area (Å²) in [4.78, 5) is 39.4. The van der Waals surface area contributed by atoms with Crippen molar-refractivity contribution in [3.05, 3.63) is 57.4 Å². The molecule has 0 saturated heterocycles. The lowest BCUT2D eigenvalue weighted by molar-refractivity contribution is -0.151. The Labute approximate surface area is 203 Å². The molecule has 3 unspecified atom stereocenters. The number of carbonyl (C=O) groups excluding carboxylic acids is 3. The summed E-state index contributed by atoms with van der Waals surface area (Å²) in [6, 6.07) is 3.24. The molecule has 1 aromatic carbocycles. The van der Waals surface area contributed by atoms with E-state index in [0.29, 0.717) is 24.0 Å². The van der Waals surface area contributed by atoms with Gasteiger partial charge in [-0.2, -0.15) is 0 Å². The van der Waals surface area contributed by atoms with Gasteiger partial charge in [0.15, 0.2) is 11.4 Å². The van der Waals surface area contributed by atoms with Crippen molar-refractivity contribution in [1.29, 1.82) is 0 Å². The van der Waals surface area contributed by atoms with Crippen molar-refractivity contribution in [3.63, 3.8) is 0 Å². The summed E-state index contributed by atoms with van der Waals surface area (Å²) in [5, 5.41) is 44.4. The van der Waals surface area contributed by atoms with Gasteiger partial charge in [-0.3, -0.25) is 14.4 Å². The monoisotopic (exact) mass is 481 g/mol. The van der Waals surface area contributed by atoms with Crippen molar-refractivity contribution in [2.45, 2.75) is 58.5 Å². The Morgan fingerprint density at radius 2 is 1.89 bits per heavy atom. The summed E-state index contributed by atoms with van der Waals surface area (Å²) >= 11 is 0. The first kappa shape index (κ1) is 24.7. The number of benzene rings is 1. The Hall–Kier alpha value is -3.39. The largest absolute Gasteiger partial charge is 0.508 e. The number of hydrogen-bond donors (Lipinski definition) is 5. The maximum Gasteiger partial charge on any atom is 0.255 e. The highest BCUT2D eigenvalue weighted by Gasteiger charge is 2.64. The van der Waals surface area contributed by atoms with Crippen LogP contribution in [0.5, 0.6) is 5.75 Å². The van der Waals surface area contributed by atoms with Crippen LogP contribution in [0.4, 0.5) is 0 Å². The van der Waals surface area contributed by atoms with Gasteiger partial charge in [0.05, 0.1) is 11.5 Å². The fourth-order valence-corrected chi connectivity index (χ4v) is 6.27. The van der Waals surface area contributed by atoms with E-state index in [9.17, 15) is 34.8 Å². The topological polar surface area (TPSA) is 158 Å². The molecule has 4 rings (SSSR count). The number of fused-ring (bicyclic) bond motifs is 3. The summed E-state index contributed by atoms with van der Waals surface area (Å²) in [5.41, 5.74) is 4.22. The minimum Gasteiger partial charge on any atom is -0.508 e. The molecule has 1 saturated carbocycles. The van der Waals surface area contributed by atoms with Crippen LogP contribution in [0.1, 0.15) is 63.1 Å². The molecule has 0 radical (unpaired) electrons. The summed E-state index contributed by atoms with van der Waals surface area (Å²) in [6.45, 7) is 7.51. The summed E-state index contributed by atoms with van der Waals surface area (Å²) < 4.78 is 0. The molecule has 186 valence electrons. The van der Waals surface area contributed by atoms with Gasteiger partial charge >= 0.3 is 0 Å². The Morgan fingerprint density at radius 3 is 2.43 bits per heavy atom. The number of aliphatic hydroxyl groups is 3. The molecule has 8 nitrogen and oxygen atoms in total. The zero-order valence-electron chi connectivity index (χ0n) is 20.3. The highest BCUT2D eigenvalue weighted by atomic mass is 16.3. The lowest BCUT2D eigenvalue weighted by Crippen LogP contribution is -2.61. The van der Waals surface area contributed by atoms with Crippen molar-refractivity contribution >= 4 is 23.2 Å². The predicted molar refractivity (Wildman–Crippen MR) is 128 cm³/mol. The first-order chi connectivity index (χ1) is 16.4. The van der Waals surface area contributed by atoms with Crippen LogP contribution in [-0.4, -0.2) is 43.5 Å². The molecule has 1 aromatic rings. The molecule has 0 heterocycles. The lowest BCUT2D eigenvalue weighted by Gasteiger charge is -2.49. The summed E-state index contributed by atoms with van der Waals surface area (Å²) in [5.74, 6) is -7.25. The molecular formula is C27H31NO7. The third-order valence-electron chi connectivity index (χ3n) is 7.92. The van der Waals surface area contributed by atoms with Crippen LogP contribution in [0.3, 0.4) is 0 Å². The van der Waals surface area contributed by atoms with Gasteiger partial charge in [0, 0.05) is 11.5 Å². The van der Waals surface area contributed by atoms with E-state index >= 15 is 0 Å². The second-order valence-corrected chi connectivity index (χ2v) is 9.93. The molecule has 3 aliphatic carbocycles. The molecule has 0 bridgehead atoms.